The summed E-state index contributed by atoms with van der Waals surface area (Å²) < 4.78 is 27.2. The summed E-state index contributed by atoms with van der Waals surface area (Å²) in [5, 5.41) is 0. The van der Waals surface area contributed by atoms with Crippen LogP contribution in [0.2, 0.25) is 0 Å². The van der Waals surface area contributed by atoms with E-state index < -0.39 is 10.0 Å². The number of carbonyl (C=O) groups excluding carboxylic acids is 1. The second kappa shape index (κ2) is 11.3. The zero-order chi connectivity index (χ0) is 22.6. The van der Waals surface area contributed by atoms with Crippen LogP contribution in [0.1, 0.15) is 18.4 Å². The molecule has 4 rings (SSSR count). The minimum absolute atomic E-state index is 0. The van der Waals surface area contributed by atoms with E-state index in [0.29, 0.717) is 25.6 Å². The monoisotopic (exact) mass is 510 g/mol. The molecule has 2 saturated heterocycles. The van der Waals surface area contributed by atoms with E-state index in [4.69, 9.17) is 11.6 Å². The van der Waals surface area contributed by atoms with Gasteiger partial charge < -0.3 is 9.80 Å². The highest BCUT2D eigenvalue weighted by Crippen LogP contribution is 2.25. The first kappa shape index (κ1) is 25.5. The van der Waals surface area contributed by atoms with E-state index in [2.05, 4.69) is 9.88 Å². The summed E-state index contributed by atoms with van der Waals surface area (Å²) in [5.74, 6) is 0.306. The lowest BCUT2D eigenvalue weighted by atomic mass is 9.95. The maximum absolute atomic E-state index is 13.0. The van der Waals surface area contributed by atoms with Gasteiger partial charge in [0.2, 0.25) is 15.9 Å². The number of hydrogen-bond donors (Lipinski definition) is 0. The SMILES string of the molecule is Cl.O=C1CN(S(=O)(=O)c2ccc(C=CCl)cc2)CCN1CC1CCN(c2ccncc2)CC1. The van der Waals surface area contributed by atoms with Gasteiger partial charge in [-0.2, -0.15) is 4.31 Å². The molecule has 0 aliphatic carbocycles. The Bertz CT molecular complexity index is 1060. The van der Waals surface area contributed by atoms with E-state index in [-0.39, 0.29) is 29.8 Å². The van der Waals surface area contributed by atoms with Crippen LogP contribution in [0.4, 0.5) is 5.69 Å². The molecule has 10 heteroatoms. The van der Waals surface area contributed by atoms with Gasteiger partial charge in [-0.15, -0.1) is 12.4 Å². The molecule has 0 saturated carbocycles. The Labute approximate surface area is 206 Å². The molecule has 2 aliphatic rings. The van der Waals surface area contributed by atoms with Crippen LogP contribution in [0.5, 0.6) is 0 Å². The highest BCUT2D eigenvalue weighted by atomic mass is 35.5. The van der Waals surface area contributed by atoms with Crippen molar-refractivity contribution >= 4 is 51.7 Å². The van der Waals surface area contributed by atoms with Gasteiger partial charge in [0.15, 0.2) is 0 Å². The van der Waals surface area contributed by atoms with E-state index >= 15 is 0 Å². The van der Waals surface area contributed by atoms with Crippen molar-refractivity contribution in [2.45, 2.75) is 17.7 Å². The first-order valence-corrected chi connectivity index (χ1v) is 12.6. The largest absolute Gasteiger partial charge is 0.371 e. The number of sulfonamides is 1. The number of piperazine rings is 1. The Balaban J connectivity index is 0.00000306. The molecule has 0 unspecified atom stereocenters. The topological polar surface area (TPSA) is 73.8 Å². The van der Waals surface area contributed by atoms with Gasteiger partial charge in [-0.1, -0.05) is 23.7 Å². The van der Waals surface area contributed by atoms with Crippen molar-refractivity contribution in [3.8, 4) is 0 Å². The maximum atomic E-state index is 13.0. The van der Waals surface area contributed by atoms with Crippen molar-refractivity contribution in [3.05, 3.63) is 59.9 Å². The van der Waals surface area contributed by atoms with Gasteiger partial charge in [0.05, 0.1) is 11.4 Å². The van der Waals surface area contributed by atoms with Gasteiger partial charge >= 0.3 is 0 Å². The van der Waals surface area contributed by atoms with Crippen LogP contribution >= 0.6 is 24.0 Å². The number of anilines is 1. The molecule has 33 heavy (non-hydrogen) atoms. The maximum Gasteiger partial charge on any atom is 0.243 e. The molecule has 1 amide bonds. The van der Waals surface area contributed by atoms with Gasteiger partial charge in [0.25, 0.3) is 0 Å². The van der Waals surface area contributed by atoms with Crippen molar-refractivity contribution in [3.63, 3.8) is 0 Å². The fourth-order valence-electron chi connectivity index (χ4n) is 4.30. The highest BCUT2D eigenvalue weighted by molar-refractivity contribution is 7.89. The molecule has 0 atom stereocenters. The Morgan fingerprint density at radius 2 is 1.67 bits per heavy atom. The summed E-state index contributed by atoms with van der Waals surface area (Å²) in [6.07, 6.45) is 7.31. The fourth-order valence-corrected chi connectivity index (χ4v) is 5.82. The lowest BCUT2D eigenvalue weighted by molar-refractivity contribution is -0.134. The molecule has 0 bridgehead atoms. The van der Waals surface area contributed by atoms with Crippen LogP contribution in [0.25, 0.3) is 6.08 Å². The Morgan fingerprint density at radius 1 is 1.00 bits per heavy atom. The minimum Gasteiger partial charge on any atom is -0.371 e. The smallest absolute Gasteiger partial charge is 0.243 e. The van der Waals surface area contributed by atoms with E-state index in [1.165, 1.54) is 15.5 Å². The number of amides is 1. The number of rotatable bonds is 6. The fraction of sp³-hybridized carbons (Fsp3) is 0.391. The molecular formula is C23H28Cl2N4O3S. The summed E-state index contributed by atoms with van der Waals surface area (Å²) in [6.45, 7) is 3.22. The first-order valence-electron chi connectivity index (χ1n) is 10.8. The van der Waals surface area contributed by atoms with Crippen LogP contribution in [0.15, 0.2) is 59.2 Å². The Hall–Kier alpha value is -2.13. The third kappa shape index (κ3) is 6.06. The van der Waals surface area contributed by atoms with E-state index in [0.717, 1.165) is 31.5 Å². The molecule has 0 N–H and O–H groups in total. The lowest BCUT2D eigenvalue weighted by Crippen LogP contribution is -2.53. The number of nitrogens with zero attached hydrogens (tertiary/aromatic N) is 4. The van der Waals surface area contributed by atoms with Crippen LogP contribution in [0.3, 0.4) is 0 Å². The standard InChI is InChI=1S/C23H27ClN4O3S.ClH/c24-10-5-19-1-3-22(4-2-19)32(30,31)28-16-15-27(23(29)18-28)17-20-8-13-26(14-9-20)21-6-11-25-12-7-21;/h1-7,10-12,20H,8-9,13-18H2;1H. The van der Waals surface area contributed by atoms with Crippen molar-refractivity contribution in [1.29, 1.82) is 0 Å². The normalized spacial score (nSPS) is 18.5. The molecule has 1 aromatic heterocycles. The van der Waals surface area contributed by atoms with Crippen LogP contribution in [0, 0.1) is 5.92 Å². The molecular weight excluding hydrogens is 483 g/mol. The summed E-state index contributed by atoms with van der Waals surface area (Å²) in [5.41, 5.74) is 3.37. The third-order valence-electron chi connectivity index (χ3n) is 6.18. The molecule has 3 heterocycles. The number of pyridine rings is 1. The molecule has 0 spiro atoms. The predicted octanol–water partition coefficient (Wildman–Crippen LogP) is 3.46. The zero-order valence-corrected chi connectivity index (χ0v) is 20.6. The number of aromatic nitrogens is 1. The summed E-state index contributed by atoms with van der Waals surface area (Å²) in [7, 11) is -3.70. The third-order valence-corrected chi connectivity index (χ3v) is 8.16. The van der Waals surface area contributed by atoms with E-state index in [1.807, 2.05) is 17.0 Å². The van der Waals surface area contributed by atoms with Crippen molar-refractivity contribution in [2.75, 3.05) is 44.2 Å². The molecule has 0 radical (unpaired) electrons. The van der Waals surface area contributed by atoms with Crippen molar-refractivity contribution < 1.29 is 13.2 Å². The van der Waals surface area contributed by atoms with Gasteiger partial charge in [0.1, 0.15) is 0 Å². The summed E-state index contributed by atoms with van der Waals surface area (Å²) in [4.78, 5) is 21.2. The number of piperidine rings is 1. The Morgan fingerprint density at radius 3 is 2.27 bits per heavy atom. The lowest BCUT2D eigenvalue weighted by Gasteiger charge is -2.38. The molecule has 178 valence electrons. The number of benzene rings is 1. The average molecular weight is 511 g/mol. The quantitative estimate of drug-likeness (QED) is 0.594. The minimum atomic E-state index is -3.70. The predicted molar refractivity (Wildman–Crippen MR) is 133 cm³/mol. The highest BCUT2D eigenvalue weighted by Gasteiger charge is 2.34. The number of carbonyl (C=O) groups is 1. The molecule has 2 fully saturated rings. The van der Waals surface area contributed by atoms with Gasteiger partial charge in [0, 0.05) is 56.3 Å². The second-order valence-corrected chi connectivity index (χ2v) is 10.4. The van der Waals surface area contributed by atoms with Gasteiger partial charge in [-0.25, -0.2) is 8.42 Å². The summed E-state index contributed by atoms with van der Waals surface area (Å²) in [6, 6.07) is 10.5. The van der Waals surface area contributed by atoms with Gasteiger partial charge in [-0.05, 0) is 54.7 Å². The summed E-state index contributed by atoms with van der Waals surface area (Å²) >= 11 is 5.57. The van der Waals surface area contributed by atoms with Crippen LogP contribution < -0.4 is 4.90 Å². The van der Waals surface area contributed by atoms with E-state index in [1.54, 1.807) is 42.7 Å². The molecule has 7 nitrogen and oxygen atoms in total. The zero-order valence-electron chi connectivity index (χ0n) is 18.2. The van der Waals surface area contributed by atoms with Gasteiger partial charge in [-0.3, -0.25) is 9.78 Å². The molecule has 2 aromatic rings. The van der Waals surface area contributed by atoms with Crippen molar-refractivity contribution in [1.82, 2.24) is 14.2 Å². The van der Waals surface area contributed by atoms with E-state index in [9.17, 15) is 13.2 Å². The number of halogens is 2. The number of hydrogen-bond acceptors (Lipinski definition) is 5. The Kier molecular flexibility index (Phi) is 8.75. The second-order valence-electron chi connectivity index (χ2n) is 8.18. The average Bonchev–Trinajstić information content (AvgIpc) is 2.82. The molecule has 1 aromatic carbocycles. The van der Waals surface area contributed by atoms with Crippen LogP contribution in [-0.2, 0) is 14.8 Å². The first-order chi connectivity index (χ1) is 15.5. The van der Waals surface area contributed by atoms with Crippen LogP contribution in [-0.4, -0.2) is 67.8 Å². The molecule has 2 aliphatic heterocycles. The van der Waals surface area contributed by atoms with Crippen molar-refractivity contribution in [2.24, 2.45) is 5.92 Å².